The van der Waals surface area contributed by atoms with E-state index in [-0.39, 0.29) is 12.2 Å². The van der Waals surface area contributed by atoms with Crippen LogP contribution in [0.4, 0.5) is 5.69 Å². The molecule has 0 saturated heterocycles. The van der Waals surface area contributed by atoms with Gasteiger partial charge in [-0.15, -0.1) is 0 Å². The Morgan fingerprint density at radius 1 is 1.15 bits per heavy atom. The van der Waals surface area contributed by atoms with Gasteiger partial charge < -0.3 is 14.8 Å². The summed E-state index contributed by atoms with van der Waals surface area (Å²) in [5.41, 5.74) is 4.08. The maximum absolute atomic E-state index is 12.7. The molecule has 0 bridgehead atoms. The molecule has 0 spiro atoms. The van der Waals surface area contributed by atoms with Crippen LogP contribution in [0.1, 0.15) is 22.3 Å². The Morgan fingerprint density at radius 2 is 1.91 bits per heavy atom. The third-order valence-electron chi connectivity index (χ3n) is 4.92. The van der Waals surface area contributed by atoms with E-state index in [0.29, 0.717) is 32.2 Å². The number of nitriles is 1. The largest absolute Gasteiger partial charge is 0.493 e. The standard InChI is InChI=1S/C26H22BrClN2O3/c1-16-8-9-23(17(2)10-16)30-26(31)20(14-29)11-19-12-24(32-3)25(13-21(19)27)33-15-18-6-4-5-7-22(18)28/h4-13H,15H2,1-3H3,(H,30,31)/b20-11+. The van der Waals surface area contributed by atoms with Crippen LogP contribution in [-0.4, -0.2) is 13.0 Å². The molecule has 3 aromatic rings. The lowest BCUT2D eigenvalue weighted by molar-refractivity contribution is -0.112. The Morgan fingerprint density at radius 3 is 2.58 bits per heavy atom. The Balaban J connectivity index is 1.84. The van der Waals surface area contributed by atoms with E-state index in [1.165, 1.54) is 13.2 Å². The molecule has 3 rings (SSSR count). The summed E-state index contributed by atoms with van der Waals surface area (Å²) >= 11 is 9.70. The number of ether oxygens (including phenoxy) is 2. The first-order valence-corrected chi connectivity index (χ1v) is 11.2. The average Bonchev–Trinajstić information content (AvgIpc) is 2.79. The highest BCUT2D eigenvalue weighted by molar-refractivity contribution is 9.10. The highest BCUT2D eigenvalue weighted by Crippen LogP contribution is 2.35. The first kappa shape index (κ1) is 24.4. The van der Waals surface area contributed by atoms with E-state index >= 15 is 0 Å². The van der Waals surface area contributed by atoms with Gasteiger partial charge in [-0.2, -0.15) is 5.26 Å². The monoisotopic (exact) mass is 524 g/mol. The number of carbonyl (C=O) groups excluding carboxylic acids is 1. The second kappa shape index (κ2) is 11.0. The minimum atomic E-state index is -0.491. The number of methoxy groups -OCH3 is 1. The molecule has 0 unspecified atom stereocenters. The first-order valence-electron chi connectivity index (χ1n) is 10.1. The van der Waals surface area contributed by atoms with E-state index < -0.39 is 5.91 Å². The maximum Gasteiger partial charge on any atom is 0.266 e. The normalized spacial score (nSPS) is 11.0. The van der Waals surface area contributed by atoms with Crippen molar-refractivity contribution >= 4 is 45.2 Å². The van der Waals surface area contributed by atoms with E-state index in [1.807, 2.05) is 56.3 Å². The van der Waals surface area contributed by atoms with Gasteiger partial charge in [-0.1, -0.05) is 63.4 Å². The summed E-state index contributed by atoms with van der Waals surface area (Å²) in [7, 11) is 1.52. The molecular weight excluding hydrogens is 504 g/mol. The van der Waals surface area contributed by atoms with Gasteiger partial charge in [0.1, 0.15) is 18.2 Å². The molecule has 0 atom stereocenters. The van der Waals surface area contributed by atoms with E-state index in [2.05, 4.69) is 21.2 Å². The van der Waals surface area contributed by atoms with Crippen molar-refractivity contribution in [3.8, 4) is 17.6 Å². The van der Waals surface area contributed by atoms with Crippen LogP contribution in [0.2, 0.25) is 5.02 Å². The van der Waals surface area contributed by atoms with Gasteiger partial charge >= 0.3 is 0 Å². The van der Waals surface area contributed by atoms with Crippen LogP contribution >= 0.6 is 27.5 Å². The lowest BCUT2D eigenvalue weighted by Crippen LogP contribution is -2.14. The Hall–Kier alpha value is -3.27. The lowest BCUT2D eigenvalue weighted by atomic mass is 10.1. The van der Waals surface area contributed by atoms with Crippen molar-refractivity contribution in [1.29, 1.82) is 5.26 Å². The maximum atomic E-state index is 12.7. The predicted octanol–water partition coefficient (Wildman–Crippen LogP) is 6.85. The number of anilines is 1. The molecule has 1 N–H and O–H groups in total. The van der Waals surface area contributed by atoms with Gasteiger partial charge in [-0.05, 0) is 55.3 Å². The molecule has 168 valence electrons. The van der Waals surface area contributed by atoms with E-state index in [4.69, 9.17) is 21.1 Å². The Bertz CT molecular complexity index is 1260. The molecule has 7 heteroatoms. The minimum absolute atomic E-state index is 0.0394. The number of nitrogens with zero attached hydrogens (tertiary/aromatic N) is 1. The minimum Gasteiger partial charge on any atom is -0.493 e. The second-order valence-corrected chi connectivity index (χ2v) is 8.61. The zero-order chi connectivity index (χ0) is 24.0. The Labute approximate surface area is 206 Å². The van der Waals surface area contributed by atoms with Crippen molar-refractivity contribution in [2.24, 2.45) is 0 Å². The summed E-state index contributed by atoms with van der Waals surface area (Å²) in [5, 5.41) is 13.0. The van der Waals surface area contributed by atoms with Crippen LogP contribution in [0.3, 0.4) is 0 Å². The molecule has 0 heterocycles. The van der Waals surface area contributed by atoms with Crippen LogP contribution in [0.15, 0.2) is 64.6 Å². The molecule has 5 nitrogen and oxygen atoms in total. The average molecular weight is 526 g/mol. The molecule has 33 heavy (non-hydrogen) atoms. The molecule has 0 fully saturated rings. The number of benzene rings is 3. The van der Waals surface area contributed by atoms with Crippen molar-refractivity contribution in [2.45, 2.75) is 20.5 Å². The third kappa shape index (κ3) is 6.16. The van der Waals surface area contributed by atoms with Crippen LogP contribution < -0.4 is 14.8 Å². The van der Waals surface area contributed by atoms with Gasteiger partial charge in [0, 0.05) is 20.7 Å². The lowest BCUT2D eigenvalue weighted by Gasteiger charge is -2.14. The fourth-order valence-electron chi connectivity index (χ4n) is 3.15. The summed E-state index contributed by atoms with van der Waals surface area (Å²) in [6.45, 7) is 4.15. The van der Waals surface area contributed by atoms with Gasteiger partial charge in [0.2, 0.25) is 0 Å². The molecule has 3 aromatic carbocycles. The summed E-state index contributed by atoms with van der Waals surface area (Å²) in [5.74, 6) is 0.470. The van der Waals surface area contributed by atoms with Crippen molar-refractivity contribution in [2.75, 3.05) is 12.4 Å². The molecular formula is C26H22BrClN2O3. The van der Waals surface area contributed by atoms with Crippen LogP contribution in [0.25, 0.3) is 6.08 Å². The fourth-order valence-corrected chi connectivity index (χ4v) is 3.78. The zero-order valence-corrected chi connectivity index (χ0v) is 20.8. The van der Waals surface area contributed by atoms with Crippen LogP contribution in [0, 0.1) is 25.2 Å². The number of halogens is 2. The van der Waals surface area contributed by atoms with E-state index in [0.717, 1.165) is 16.7 Å². The van der Waals surface area contributed by atoms with Gasteiger partial charge in [0.05, 0.1) is 7.11 Å². The van der Waals surface area contributed by atoms with Gasteiger partial charge in [0.25, 0.3) is 5.91 Å². The molecule has 0 aliphatic heterocycles. The first-order chi connectivity index (χ1) is 15.8. The van der Waals surface area contributed by atoms with Crippen LogP contribution in [-0.2, 0) is 11.4 Å². The number of hydrogen-bond acceptors (Lipinski definition) is 4. The van der Waals surface area contributed by atoms with E-state index in [1.54, 1.807) is 18.2 Å². The molecule has 0 radical (unpaired) electrons. The van der Waals surface area contributed by atoms with Gasteiger partial charge in [0.15, 0.2) is 11.5 Å². The summed E-state index contributed by atoms with van der Waals surface area (Å²) < 4.78 is 12.0. The van der Waals surface area contributed by atoms with E-state index in [9.17, 15) is 10.1 Å². The number of carbonyl (C=O) groups is 1. The van der Waals surface area contributed by atoms with Crippen molar-refractivity contribution < 1.29 is 14.3 Å². The molecule has 1 amide bonds. The fraction of sp³-hybridized carbons (Fsp3) is 0.154. The predicted molar refractivity (Wildman–Crippen MR) is 135 cm³/mol. The van der Waals surface area contributed by atoms with Crippen molar-refractivity contribution in [1.82, 2.24) is 0 Å². The van der Waals surface area contributed by atoms with Gasteiger partial charge in [-0.3, -0.25) is 4.79 Å². The number of nitrogens with one attached hydrogen (secondary N) is 1. The molecule has 0 aromatic heterocycles. The number of rotatable bonds is 7. The van der Waals surface area contributed by atoms with Gasteiger partial charge in [-0.25, -0.2) is 0 Å². The van der Waals surface area contributed by atoms with Crippen molar-refractivity contribution in [3.63, 3.8) is 0 Å². The summed E-state index contributed by atoms with van der Waals surface area (Å²) in [4.78, 5) is 12.7. The third-order valence-corrected chi connectivity index (χ3v) is 5.97. The molecule has 0 aliphatic rings. The SMILES string of the molecule is COc1cc(/C=C(\C#N)C(=O)Nc2ccc(C)cc2C)c(Br)cc1OCc1ccccc1Cl. The number of amides is 1. The summed E-state index contributed by atoms with van der Waals surface area (Å²) in [6, 6.07) is 18.5. The number of aryl methyl sites for hydroxylation is 2. The smallest absolute Gasteiger partial charge is 0.266 e. The van der Waals surface area contributed by atoms with Crippen molar-refractivity contribution in [3.05, 3.63) is 91.9 Å². The number of hydrogen-bond donors (Lipinski definition) is 1. The summed E-state index contributed by atoms with van der Waals surface area (Å²) in [6.07, 6.45) is 1.50. The Kier molecular flexibility index (Phi) is 8.16. The highest BCUT2D eigenvalue weighted by Gasteiger charge is 2.15. The highest BCUT2D eigenvalue weighted by atomic mass is 79.9. The molecule has 0 aliphatic carbocycles. The topological polar surface area (TPSA) is 71.3 Å². The molecule has 0 saturated carbocycles. The second-order valence-electron chi connectivity index (χ2n) is 7.35. The zero-order valence-electron chi connectivity index (χ0n) is 18.4. The van der Waals surface area contributed by atoms with Crippen LogP contribution in [0.5, 0.6) is 11.5 Å². The quantitative estimate of drug-likeness (QED) is 0.270.